The summed E-state index contributed by atoms with van der Waals surface area (Å²) in [5, 5.41) is 12.0. The molecular formula is C57H35N5. The van der Waals surface area contributed by atoms with Crippen molar-refractivity contribution >= 4 is 75.9 Å². The quantitative estimate of drug-likeness (QED) is 0.174. The predicted molar refractivity (Wildman–Crippen MR) is 257 cm³/mol. The Labute approximate surface area is 356 Å². The van der Waals surface area contributed by atoms with Crippen molar-refractivity contribution in [3.63, 3.8) is 0 Å². The summed E-state index contributed by atoms with van der Waals surface area (Å²) in [6.07, 6.45) is 0. The van der Waals surface area contributed by atoms with Gasteiger partial charge in [0.1, 0.15) is 0 Å². The van der Waals surface area contributed by atoms with Crippen molar-refractivity contribution in [1.82, 2.24) is 24.1 Å². The van der Waals surface area contributed by atoms with Crippen molar-refractivity contribution in [2.24, 2.45) is 0 Å². The third kappa shape index (κ3) is 5.18. The van der Waals surface area contributed by atoms with E-state index in [0.717, 1.165) is 49.9 Å². The first-order valence-corrected chi connectivity index (χ1v) is 21.0. The van der Waals surface area contributed by atoms with Crippen LogP contribution < -0.4 is 0 Å². The molecule has 0 saturated heterocycles. The molecule has 0 N–H and O–H groups in total. The summed E-state index contributed by atoms with van der Waals surface area (Å²) in [5.41, 5.74) is 9.74. The maximum Gasteiger partial charge on any atom is 0.164 e. The van der Waals surface area contributed by atoms with Gasteiger partial charge in [-0.15, -0.1) is 0 Å². The second kappa shape index (κ2) is 13.6. The van der Waals surface area contributed by atoms with Crippen LogP contribution in [0.15, 0.2) is 212 Å². The largest absolute Gasteiger partial charge is 0.309 e. The van der Waals surface area contributed by atoms with Crippen molar-refractivity contribution in [2.75, 3.05) is 0 Å². The summed E-state index contributed by atoms with van der Waals surface area (Å²) in [4.78, 5) is 15.3. The first kappa shape index (κ1) is 34.5. The van der Waals surface area contributed by atoms with Gasteiger partial charge in [0, 0.05) is 49.3 Å². The SMILES string of the molecule is c1ccc(-c2nc(-c3ccccc3)nc(-c3cccc4c(-n5c6ccc7ccccc7c6c6ccc7c(c8ccccc8n7-c7ccc8ccccc8c7)c65)cccc34)n2)cc1. The lowest BCUT2D eigenvalue weighted by Gasteiger charge is -2.15. The number of rotatable bonds is 5. The molecule has 0 saturated carbocycles. The molecule has 5 heteroatoms. The molecule has 0 atom stereocenters. The molecule has 5 nitrogen and oxygen atoms in total. The monoisotopic (exact) mass is 789 g/mol. The molecular weight excluding hydrogens is 755 g/mol. The average Bonchev–Trinajstić information content (AvgIpc) is 3.87. The Balaban J connectivity index is 1.13. The third-order valence-electron chi connectivity index (χ3n) is 12.5. The van der Waals surface area contributed by atoms with Gasteiger partial charge in [0.2, 0.25) is 0 Å². The Morgan fingerprint density at radius 1 is 0.306 bits per heavy atom. The van der Waals surface area contributed by atoms with E-state index in [9.17, 15) is 0 Å². The molecule has 0 aliphatic rings. The topological polar surface area (TPSA) is 48.5 Å². The fourth-order valence-corrected chi connectivity index (χ4v) is 9.78. The van der Waals surface area contributed by atoms with Gasteiger partial charge in [-0.1, -0.05) is 176 Å². The summed E-state index contributed by atoms with van der Waals surface area (Å²) in [6.45, 7) is 0. The number of para-hydroxylation sites is 1. The van der Waals surface area contributed by atoms with Gasteiger partial charge in [0.05, 0.1) is 27.8 Å². The molecule has 288 valence electrons. The summed E-state index contributed by atoms with van der Waals surface area (Å²) >= 11 is 0. The number of hydrogen-bond acceptors (Lipinski definition) is 3. The normalized spacial score (nSPS) is 11.9. The average molecular weight is 790 g/mol. The zero-order chi connectivity index (χ0) is 40.7. The molecule has 0 radical (unpaired) electrons. The predicted octanol–water partition coefficient (Wildman–Crippen LogP) is 14.5. The van der Waals surface area contributed by atoms with E-state index in [1.165, 1.54) is 54.1 Å². The van der Waals surface area contributed by atoms with Crippen LogP contribution in [0.1, 0.15) is 0 Å². The molecule has 62 heavy (non-hydrogen) atoms. The molecule has 13 rings (SSSR count). The van der Waals surface area contributed by atoms with Gasteiger partial charge in [-0.25, -0.2) is 15.0 Å². The van der Waals surface area contributed by atoms with E-state index in [-0.39, 0.29) is 0 Å². The second-order valence-corrected chi connectivity index (χ2v) is 16.0. The summed E-state index contributed by atoms with van der Waals surface area (Å²) in [6, 6.07) is 75.8. The first-order valence-electron chi connectivity index (χ1n) is 21.0. The summed E-state index contributed by atoms with van der Waals surface area (Å²) in [7, 11) is 0. The molecule has 0 aliphatic heterocycles. The fraction of sp³-hybridized carbons (Fsp3) is 0. The number of fused-ring (bicyclic) bond motifs is 11. The van der Waals surface area contributed by atoms with E-state index in [2.05, 4.69) is 185 Å². The molecule has 0 spiro atoms. The van der Waals surface area contributed by atoms with Crippen LogP contribution in [0.3, 0.4) is 0 Å². The van der Waals surface area contributed by atoms with Crippen LogP contribution in [0.5, 0.6) is 0 Å². The zero-order valence-corrected chi connectivity index (χ0v) is 33.4. The molecule has 3 heterocycles. The molecule has 10 aromatic carbocycles. The van der Waals surface area contributed by atoms with E-state index in [1.54, 1.807) is 0 Å². The van der Waals surface area contributed by atoms with E-state index in [0.29, 0.717) is 17.5 Å². The van der Waals surface area contributed by atoms with Crippen molar-refractivity contribution in [2.45, 2.75) is 0 Å². The molecule has 3 aromatic heterocycles. The highest BCUT2D eigenvalue weighted by molar-refractivity contribution is 6.30. The fourth-order valence-electron chi connectivity index (χ4n) is 9.78. The maximum absolute atomic E-state index is 5.17. The second-order valence-electron chi connectivity index (χ2n) is 16.0. The van der Waals surface area contributed by atoms with Gasteiger partial charge >= 0.3 is 0 Å². The Bertz CT molecular complexity index is 3860. The number of nitrogens with zero attached hydrogens (tertiary/aromatic N) is 5. The van der Waals surface area contributed by atoms with Gasteiger partial charge in [-0.05, 0) is 63.3 Å². The number of hydrogen-bond donors (Lipinski definition) is 0. The standard InChI is InChI=1S/C57H35N5/c1-3-17-38(18-4-1)55-58-56(39-19-5-2-6-20-39)60-57(59-55)45-26-13-25-44-43(45)24-14-28-48(44)62-50-33-30-37-16-9-10-22-42(37)52(50)47-32-34-51-53(54(47)62)46-23-11-12-27-49(46)61(51)41-31-29-36-15-7-8-21-40(36)35-41/h1-35H. The van der Waals surface area contributed by atoms with Crippen molar-refractivity contribution in [1.29, 1.82) is 0 Å². The molecule has 0 fully saturated rings. The minimum Gasteiger partial charge on any atom is -0.309 e. The van der Waals surface area contributed by atoms with E-state index in [4.69, 9.17) is 15.0 Å². The molecule has 0 amide bonds. The molecule has 13 aromatic rings. The Kier molecular flexibility index (Phi) is 7.54. The van der Waals surface area contributed by atoms with Gasteiger partial charge in [-0.3, -0.25) is 0 Å². The van der Waals surface area contributed by atoms with Crippen LogP contribution in [0, 0.1) is 0 Å². The lowest BCUT2D eigenvalue weighted by molar-refractivity contribution is 1.08. The summed E-state index contributed by atoms with van der Waals surface area (Å²) < 4.78 is 4.95. The Morgan fingerprint density at radius 3 is 1.68 bits per heavy atom. The highest BCUT2D eigenvalue weighted by atomic mass is 15.0. The smallest absolute Gasteiger partial charge is 0.164 e. The maximum atomic E-state index is 5.17. The van der Waals surface area contributed by atoms with Crippen LogP contribution in [0.25, 0.3) is 121 Å². The van der Waals surface area contributed by atoms with E-state index in [1.807, 2.05) is 36.4 Å². The van der Waals surface area contributed by atoms with Gasteiger partial charge in [0.25, 0.3) is 0 Å². The highest BCUT2D eigenvalue weighted by Crippen LogP contribution is 2.45. The lowest BCUT2D eigenvalue weighted by Crippen LogP contribution is -2.01. The van der Waals surface area contributed by atoms with Crippen molar-refractivity contribution < 1.29 is 0 Å². The van der Waals surface area contributed by atoms with Gasteiger partial charge in [-0.2, -0.15) is 0 Å². The van der Waals surface area contributed by atoms with Crippen LogP contribution in [-0.4, -0.2) is 24.1 Å². The van der Waals surface area contributed by atoms with Crippen LogP contribution in [-0.2, 0) is 0 Å². The van der Waals surface area contributed by atoms with Crippen LogP contribution in [0.4, 0.5) is 0 Å². The van der Waals surface area contributed by atoms with Crippen molar-refractivity contribution in [3.05, 3.63) is 212 Å². The minimum absolute atomic E-state index is 0.634. The van der Waals surface area contributed by atoms with E-state index < -0.39 is 0 Å². The van der Waals surface area contributed by atoms with Gasteiger partial charge in [0.15, 0.2) is 17.5 Å². The molecule has 0 bridgehead atoms. The Hall–Kier alpha value is -8.41. The minimum atomic E-state index is 0.634. The molecule has 0 aliphatic carbocycles. The Morgan fingerprint density at radius 2 is 0.887 bits per heavy atom. The van der Waals surface area contributed by atoms with Crippen LogP contribution in [0.2, 0.25) is 0 Å². The summed E-state index contributed by atoms with van der Waals surface area (Å²) in [5.74, 6) is 1.92. The third-order valence-corrected chi connectivity index (χ3v) is 12.5. The highest BCUT2D eigenvalue weighted by Gasteiger charge is 2.24. The number of aromatic nitrogens is 5. The van der Waals surface area contributed by atoms with Gasteiger partial charge < -0.3 is 9.13 Å². The zero-order valence-electron chi connectivity index (χ0n) is 33.4. The van der Waals surface area contributed by atoms with Crippen molar-refractivity contribution in [3.8, 4) is 45.5 Å². The number of benzene rings is 10. The first-order chi connectivity index (χ1) is 30.8. The van der Waals surface area contributed by atoms with E-state index >= 15 is 0 Å². The van der Waals surface area contributed by atoms with Crippen LogP contribution >= 0.6 is 0 Å². The lowest BCUT2D eigenvalue weighted by atomic mass is 10.0. The molecule has 0 unspecified atom stereocenters.